The Morgan fingerprint density at radius 2 is 1.96 bits per heavy atom. The number of amides is 1. The van der Waals surface area contributed by atoms with Crippen LogP contribution in [0.1, 0.15) is 10.4 Å². The van der Waals surface area contributed by atoms with Crippen molar-refractivity contribution in [3.05, 3.63) is 54.1 Å². The number of hydrogen-bond acceptors (Lipinski definition) is 6. The predicted molar refractivity (Wildman–Crippen MR) is 87.1 cm³/mol. The molecule has 0 saturated heterocycles. The van der Waals surface area contributed by atoms with E-state index in [1.54, 1.807) is 24.3 Å². The molecule has 0 aliphatic heterocycles. The Hall–Kier alpha value is -3.75. The summed E-state index contributed by atoms with van der Waals surface area (Å²) in [6.45, 7) is -0.198. The third-order valence-corrected chi connectivity index (χ3v) is 3.22. The number of carboxylic acid groups (broad SMARTS) is 1. The number of nitrogens with zero attached hydrogens (tertiary/aromatic N) is 3. The molecular formula is C16H13N5O4. The number of carboxylic acids is 1. The van der Waals surface area contributed by atoms with Gasteiger partial charge in [0.15, 0.2) is 6.61 Å². The van der Waals surface area contributed by atoms with E-state index in [1.807, 2.05) is 0 Å². The molecule has 1 heterocycles. The molecule has 0 saturated carbocycles. The largest absolute Gasteiger partial charge is 0.484 e. The van der Waals surface area contributed by atoms with Gasteiger partial charge < -0.3 is 15.2 Å². The van der Waals surface area contributed by atoms with Crippen molar-refractivity contribution in [2.45, 2.75) is 0 Å². The van der Waals surface area contributed by atoms with Crippen molar-refractivity contribution in [3.8, 4) is 17.1 Å². The zero-order chi connectivity index (χ0) is 17.6. The maximum absolute atomic E-state index is 11.9. The number of tetrazole rings is 1. The van der Waals surface area contributed by atoms with Gasteiger partial charge in [-0.15, -0.1) is 10.2 Å². The van der Waals surface area contributed by atoms with E-state index in [2.05, 4.69) is 25.9 Å². The minimum atomic E-state index is -1.03. The second-order valence-electron chi connectivity index (χ2n) is 4.98. The molecule has 126 valence electrons. The van der Waals surface area contributed by atoms with E-state index in [4.69, 9.17) is 9.84 Å². The second-order valence-corrected chi connectivity index (χ2v) is 4.98. The van der Waals surface area contributed by atoms with Crippen LogP contribution in [-0.2, 0) is 4.79 Å². The van der Waals surface area contributed by atoms with Crippen LogP contribution in [0.2, 0.25) is 0 Å². The van der Waals surface area contributed by atoms with Gasteiger partial charge in [-0.3, -0.25) is 4.79 Å². The first-order chi connectivity index (χ1) is 12.1. The third-order valence-electron chi connectivity index (χ3n) is 3.22. The summed E-state index contributed by atoms with van der Waals surface area (Å²) in [5.74, 6) is -0.483. The van der Waals surface area contributed by atoms with Crippen molar-refractivity contribution >= 4 is 17.6 Å². The highest BCUT2D eigenvalue weighted by atomic mass is 16.5. The summed E-state index contributed by atoms with van der Waals surface area (Å²) >= 11 is 0. The number of H-pyrrole nitrogens is 1. The fourth-order valence-electron chi connectivity index (χ4n) is 2.05. The molecule has 0 unspecified atom stereocenters. The molecule has 0 radical (unpaired) electrons. The molecule has 1 amide bonds. The van der Waals surface area contributed by atoms with Crippen molar-refractivity contribution in [2.24, 2.45) is 0 Å². The fourth-order valence-corrected chi connectivity index (χ4v) is 2.05. The molecule has 0 aliphatic carbocycles. The number of aromatic nitrogens is 4. The van der Waals surface area contributed by atoms with Crippen molar-refractivity contribution in [3.63, 3.8) is 0 Å². The molecule has 9 nitrogen and oxygen atoms in total. The highest BCUT2D eigenvalue weighted by Gasteiger charge is 2.08. The van der Waals surface area contributed by atoms with Gasteiger partial charge >= 0.3 is 5.97 Å². The molecule has 9 heteroatoms. The van der Waals surface area contributed by atoms with Gasteiger partial charge in [-0.1, -0.05) is 12.1 Å². The summed E-state index contributed by atoms with van der Waals surface area (Å²) in [6, 6.07) is 12.8. The second kappa shape index (κ2) is 7.21. The van der Waals surface area contributed by atoms with Gasteiger partial charge in [0.25, 0.3) is 5.91 Å². The Labute approximate surface area is 141 Å². The lowest BCUT2D eigenvalue weighted by Crippen LogP contribution is -2.20. The molecule has 0 spiro atoms. The first kappa shape index (κ1) is 16.1. The lowest BCUT2D eigenvalue weighted by atomic mass is 10.2. The monoisotopic (exact) mass is 339 g/mol. The Balaban J connectivity index is 1.57. The Kier molecular flexibility index (Phi) is 4.65. The lowest BCUT2D eigenvalue weighted by molar-refractivity contribution is -0.118. The molecule has 0 bridgehead atoms. The smallest absolute Gasteiger partial charge is 0.335 e. The van der Waals surface area contributed by atoms with Gasteiger partial charge in [0.1, 0.15) is 5.75 Å². The van der Waals surface area contributed by atoms with E-state index in [0.29, 0.717) is 22.8 Å². The van der Waals surface area contributed by atoms with Crippen LogP contribution in [0.4, 0.5) is 5.69 Å². The number of aromatic amines is 1. The van der Waals surface area contributed by atoms with E-state index < -0.39 is 5.97 Å². The van der Waals surface area contributed by atoms with Crippen LogP contribution in [0.5, 0.6) is 5.75 Å². The van der Waals surface area contributed by atoms with Gasteiger partial charge in [0, 0.05) is 11.3 Å². The molecule has 0 atom stereocenters. The maximum Gasteiger partial charge on any atom is 0.335 e. The quantitative estimate of drug-likeness (QED) is 0.621. The zero-order valence-corrected chi connectivity index (χ0v) is 12.8. The Bertz CT molecular complexity index is 878. The van der Waals surface area contributed by atoms with E-state index in [-0.39, 0.29) is 18.1 Å². The molecule has 0 aliphatic rings. The van der Waals surface area contributed by atoms with Gasteiger partial charge in [-0.05, 0) is 41.6 Å². The molecule has 3 aromatic rings. The van der Waals surface area contributed by atoms with Crippen molar-refractivity contribution in [2.75, 3.05) is 11.9 Å². The Morgan fingerprint density at radius 1 is 1.16 bits per heavy atom. The molecule has 0 fully saturated rings. The minimum Gasteiger partial charge on any atom is -0.484 e. The molecule has 25 heavy (non-hydrogen) atoms. The lowest BCUT2D eigenvalue weighted by Gasteiger charge is -2.08. The van der Waals surface area contributed by atoms with Gasteiger partial charge in [-0.25, -0.2) is 4.79 Å². The fraction of sp³-hybridized carbons (Fsp3) is 0.0625. The molecule has 2 aromatic carbocycles. The average molecular weight is 339 g/mol. The van der Waals surface area contributed by atoms with Crippen LogP contribution in [0.15, 0.2) is 48.5 Å². The normalized spacial score (nSPS) is 10.2. The summed E-state index contributed by atoms with van der Waals surface area (Å²) in [7, 11) is 0. The van der Waals surface area contributed by atoms with Crippen molar-refractivity contribution < 1.29 is 19.4 Å². The number of benzene rings is 2. The van der Waals surface area contributed by atoms with E-state index >= 15 is 0 Å². The van der Waals surface area contributed by atoms with Crippen molar-refractivity contribution in [1.82, 2.24) is 20.6 Å². The van der Waals surface area contributed by atoms with Crippen LogP contribution in [0, 0.1) is 0 Å². The number of rotatable bonds is 6. The number of anilines is 1. The van der Waals surface area contributed by atoms with Crippen molar-refractivity contribution in [1.29, 1.82) is 0 Å². The Morgan fingerprint density at radius 3 is 2.64 bits per heavy atom. The summed E-state index contributed by atoms with van der Waals surface area (Å²) in [5, 5.41) is 25.1. The standard InChI is InChI=1S/C16H13N5O4/c22-14(17-12-6-4-10(5-7-12)16(23)24)9-25-13-3-1-2-11(8-13)15-18-20-21-19-15/h1-8H,9H2,(H,17,22)(H,23,24)(H,18,19,20,21). The van der Waals surface area contributed by atoms with E-state index in [1.165, 1.54) is 24.3 Å². The van der Waals surface area contributed by atoms with Crippen LogP contribution < -0.4 is 10.1 Å². The summed E-state index contributed by atoms with van der Waals surface area (Å²) in [4.78, 5) is 22.7. The van der Waals surface area contributed by atoms with E-state index in [9.17, 15) is 9.59 Å². The van der Waals surface area contributed by atoms with E-state index in [0.717, 1.165) is 0 Å². The van der Waals surface area contributed by atoms with Gasteiger partial charge in [0.05, 0.1) is 5.56 Å². The number of aromatic carboxylic acids is 1. The minimum absolute atomic E-state index is 0.146. The number of ether oxygens (including phenoxy) is 1. The third kappa shape index (κ3) is 4.16. The summed E-state index contributed by atoms with van der Waals surface area (Å²) < 4.78 is 5.45. The van der Waals surface area contributed by atoms with Gasteiger partial charge in [0.2, 0.25) is 5.82 Å². The highest BCUT2D eigenvalue weighted by molar-refractivity contribution is 5.93. The zero-order valence-electron chi connectivity index (χ0n) is 12.8. The van der Waals surface area contributed by atoms with Gasteiger partial charge in [-0.2, -0.15) is 5.21 Å². The summed E-state index contributed by atoms with van der Waals surface area (Å²) in [6.07, 6.45) is 0. The van der Waals surface area contributed by atoms with Crippen LogP contribution in [-0.4, -0.2) is 44.2 Å². The average Bonchev–Trinajstić information content (AvgIpc) is 3.15. The SMILES string of the molecule is O=C(COc1cccc(-c2nn[nH]n2)c1)Nc1ccc(C(=O)O)cc1. The first-order valence-corrected chi connectivity index (χ1v) is 7.22. The topological polar surface area (TPSA) is 130 Å². The van der Waals surface area contributed by atoms with Crippen LogP contribution in [0.3, 0.4) is 0 Å². The number of hydrogen-bond donors (Lipinski definition) is 3. The number of carbonyl (C=O) groups excluding carboxylic acids is 1. The van der Waals surface area contributed by atoms with Crippen LogP contribution in [0.25, 0.3) is 11.4 Å². The summed E-state index contributed by atoms with van der Waals surface area (Å²) in [5.41, 5.74) is 1.34. The number of carbonyl (C=O) groups is 2. The first-order valence-electron chi connectivity index (χ1n) is 7.22. The van der Waals surface area contributed by atoms with Crippen LogP contribution >= 0.6 is 0 Å². The predicted octanol–water partition coefficient (Wildman–Crippen LogP) is 1.58. The number of nitrogens with one attached hydrogen (secondary N) is 2. The highest BCUT2D eigenvalue weighted by Crippen LogP contribution is 2.20. The molecule has 1 aromatic heterocycles. The molecule has 3 rings (SSSR count). The molecular weight excluding hydrogens is 326 g/mol. The maximum atomic E-state index is 11.9. The molecule has 3 N–H and O–H groups in total.